The highest BCUT2D eigenvalue weighted by atomic mass is 35.5. The van der Waals surface area contributed by atoms with Crippen LogP contribution in [0.3, 0.4) is 0 Å². The smallest absolute Gasteiger partial charge is 0.365 e. The van der Waals surface area contributed by atoms with E-state index in [1.165, 1.54) is 11.3 Å². The molecule has 6 nitrogen and oxygen atoms in total. The summed E-state index contributed by atoms with van der Waals surface area (Å²) in [4.78, 5) is 17.9. The maximum absolute atomic E-state index is 12.2. The fraction of sp³-hybridized carbons (Fsp3) is 0.167. The summed E-state index contributed by atoms with van der Waals surface area (Å²) >= 11 is 7.60. The molecule has 2 N–H and O–H groups in total. The first-order valence-corrected chi connectivity index (χ1v) is 9.08. The number of aryl methyl sites for hydroxylation is 1. The lowest BCUT2D eigenvalue weighted by atomic mass is 10.1. The van der Waals surface area contributed by atoms with Crippen LogP contribution in [-0.2, 0) is 11.4 Å². The van der Waals surface area contributed by atoms with Crippen molar-refractivity contribution in [3.63, 3.8) is 0 Å². The van der Waals surface area contributed by atoms with E-state index in [0.717, 1.165) is 21.8 Å². The van der Waals surface area contributed by atoms with Crippen LogP contribution in [0.1, 0.15) is 32.2 Å². The molecule has 0 bridgehead atoms. The molecule has 0 aliphatic rings. The Hall–Kier alpha value is -2.64. The highest BCUT2D eigenvalue weighted by molar-refractivity contribution is 7.12. The predicted octanol–water partition coefficient (Wildman–Crippen LogP) is 3.74. The first kappa shape index (κ1) is 18.2. The number of amidine groups is 1. The summed E-state index contributed by atoms with van der Waals surface area (Å²) in [5, 5.41) is 10.6. The lowest BCUT2D eigenvalue weighted by molar-refractivity contribution is 0.0516. The van der Waals surface area contributed by atoms with E-state index in [-0.39, 0.29) is 5.84 Å². The lowest BCUT2D eigenvalue weighted by Crippen LogP contribution is -2.14. The molecule has 3 aromatic rings. The number of hydrogen-bond acceptors (Lipinski definition) is 5. The Balaban J connectivity index is 1.73. The molecule has 26 heavy (non-hydrogen) atoms. The molecule has 2 aromatic heterocycles. The van der Waals surface area contributed by atoms with Gasteiger partial charge in [-0.05, 0) is 43.0 Å². The Morgan fingerprint density at radius 3 is 2.81 bits per heavy atom. The Morgan fingerprint density at radius 2 is 2.15 bits per heavy atom. The number of rotatable bonds is 5. The molecule has 0 saturated heterocycles. The summed E-state index contributed by atoms with van der Waals surface area (Å²) in [7, 11) is 0. The van der Waals surface area contributed by atoms with Crippen molar-refractivity contribution in [2.45, 2.75) is 20.4 Å². The number of carbonyl (C=O) groups is 1. The van der Waals surface area contributed by atoms with Crippen LogP contribution < -0.4 is 5.73 Å². The minimum absolute atomic E-state index is 0.168. The van der Waals surface area contributed by atoms with Crippen LogP contribution in [0.25, 0.3) is 0 Å². The van der Waals surface area contributed by atoms with Crippen molar-refractivity contribution >= 4 is 34.7 Å². The SMILES string of the molecule is Cc1nn(Cc2cccc(C(=O)O/N=C(\N)c3cccs3)c2)c(C)c1Cl. The summed E-state index contributed by atoms with van der Waals surface area (Å²) in [6.45, 7) is 4.26. The van der Waals surface area contributed by atoms with E-state index in [4.69, 9.17) is 22.2 Å². The van der Waals surface area contributed by atoms with Gasteiger partial charge in [-0.3, -0.25) is 4.68 Å². The van der Waals surface area contributed by atoms with E-state index in [2.05, 4.69) is 10.3 Å². The third kappa shape index (κ3) is 3.95. The van der Waals surface area contributed by atoms with Crippen molar-refractivity contribution in [3.8, 4) is 0 Å². The number of nitrogens with two attached hydrogens (primary N) is 1. The molecule has 0 fully saturated rings. The fourth-order valence-corrected chi connectivity index (χ4v) is 3.17. The van der Waals surface area contributed by atoms with Crippen molar-refractivity contribution in [2.75, 3.05) is 0 Å². The Morgan fingerprint density at radius 1 is 1.35 bits per heavy atom. The monoisotopic (exact) mass is 388 g/mol. The second-order valence-electron chi connectivity index (χ2n) is 5.68. The molecule has 0 atom stereocenters. The molecule has 3 rings (SSSR count). The van der Waals surface area contributed by atoms with Gasteiger partial charge in [0.1, 0.15) is 0 Å². The van der Waals surface area contributed by atoms with Gasteiger partial charge in [0, 0.05) is 0 Å². The third-order valence-electron chi connectivity index (χ3n) is 3.79. The zero-order valence-electron chi connectivity index (χ0n) is 14.3. The first-order chi connectivity index (χ1) is 12.5. The zero-order chi connectivity index (χ0) is 18.7. The van der Waals surface area contributed by atoms with E-state index in [0.29, 0.717) is 17.1 Å². The minimum atomic E-state index is -0.572. The van der Waals surface area contributed by atoms with Gasteiger partial charge in [0.05, 0.1) is 33.4 Å². The number of hydrogen-bond donors (Lipinski definition) is 1. The second kappa shape index (κ2) is 7.72. The molecule has 0 saturated carbocycles. The summed E-state index contributed by atoms with van der Waals surface area (Å²) in [6.07, 6.45) is 0. The van der Waals surface area contributed by atoms with Gasteiger partial charge in [0.2, 0.25) is 0 Å². The van der Waals surface area contributed by atoms with Gasteiger partial charge in [0.15, 0.2) is 5.84 Å². The highest BCUT2D eigenvalue weighted by Gasteiger charge is 2.12. The van der Waals surface area contributed by atoms with Gasteiger partial charge in [-0.1, -0.05) is 35.0 Å². The maximum atomic E-state index is 12.2. The zero-order valence-corrected chi connectivity index (χ0v) is 15.8. The molecule has 0 aliphatic heterocycles. The summed E-state index contributed by atoms with van der Waals surface area (Å²) < 4.78 is 1.80. The number of carbonyl (C=O) groups excluding carboxylic acids is 1. The van der Waals surface area contributed by atoms with Crippen LogP contribution in [0.15, 0.2) is 46.9 Å². The molecule has 0 radical (unpaired) electrons. The maximum Gasteiger partial charge on any atom is 0.365 e. The average molecular weight is 389 g/mol. The van der Waals surface area contributed by atoms with E-state index in [1.54, 1.807) is 28.9 Å². The average Bonchev–Trinajstić information content (AvgIpc) is 3.25. The molecule has 8 heteroatoms. The number of oxime groups is 1. The quantitative estimate of drug-likeness (QED) is 0.312. The standard InChI is InChI=1S/C18H17ClN4O2S/c1-11-16(19)12(2)23(21-11)10-13-5-3-6-14(9-13)18(24)25-22-17(20)15-7-4-8-26-15/h3-9H,10H2,1-2H3,(H2,20,22). The van der Waals surface area contributed by atoms with Gasteiger partial charge >= 0.3 is 5.97 Å². The van der Waals surface area contributed by atoms with Crippen molar-refractivity contribution in [2.24, 2.45) is 10.9 Å². The molecule has 2 heterocycles. The molecular weight excluding hydrogens is 372 g/mol. The number of nitrogens with zero attached hydrogens (tertiary/aromatic N) is 3. The van der Waals surface area contributed by atoms with Crippen LogP contribution in [0.5, 0.6) is 0 Å². The number of benzene rings is 1. The topological polar surface area (TPSA) is 82.5 Å². The molecule has 0 spiro atoms. The molecular formula is C18H17ClN4O2S. The highest BCUT2D eigenvalue weighted by Crippen LogP contribution is 2.20. The molecule has 1 aromatic carbocycles. The molecule has 134 valence electrons. The summed E-state index contributed by atoms with van der Waals surface area (Å²) in [5.74, 6) is -0.403. The largest absolute Gasteiger partial charge is 0.380 e. The van der Waals surface area contributed by atoms with Crippen LogP contribution in [0, 0.1) is 13.8 Å². The summed E-state index contributed by atoms with van der Waals surface area (Å²) in [5.41, 5.74) is 8.73. The third-order valence-corrected chi connectivity index (χ3v) is 5.23. The molecule has 0 unspecified atom stereocenters. The Labute approximate surface area is 159 Å². The van der Waals surface area contributed by atoms with Crippen molar-refractivity contribution in [1.82, 2.24) is 9.78 Å². The van der Waals surface area contributed by atoms with Gasteiger partial charge in [-0.15, -0.1) is 11.3 Å². The van der Waals surface area contributed by atoms with Crippen LogP contribution in [0.2, 0.25) is 5.02 Å². The van der Waals surface area contributed by atoms with Gasteiger partial charge in [-0.2, -0.15) is 5.10 Å². The van der Waals surface area contributed by atoms with E-state index in [1.807, 2.05) is 31.4 Å². The number of aromatic nitrogens is 2. The van der Waals surface area contributed by atoms with Crippen molar-refractivity contribution in [3.05, 3.63) is 74.2 Å². The number of halogens is 1. The Kier molecular flexibility index (Phi) is 5.39. The first-order valence-electron chi connectivity index (χ1n) is 7.83. The molecule has 0 aliphatic carbocycles. The van der Waals surface area contributed by atoms with Crippen LogP contribution >= 0.6 is 22.9 Å². The predicted molar refractivity (Wildman–Crippen MR) is 103 cm³/mol. The lowest BCUT2D eigenvalue weighted by Gasteiger charge is -2.06. The minimum Gasteiger partial charge on any atom is -0.380 e. The van der Waals surface area contributed by atoms with Crippen LogP contribution in [-0.4, -0.2) is 21.6 Å². The number of thiophene rings is 1. The Bertz CT molecular complexity index is 964. The summed E-state index contributed by atoms with van der Waals surface area (Å²) in [6, 6.07) is 10.7. The normalized spacial score (nSPS) is 11.6. The second-order valence-corrected chi connectivity index (χ2v) is 7.00. The van der Waals surface area contributed by atoms with Gasteiger partial charge < -0.3 is 10.6 Å². The van der Waals surface area contributed by atoms with Crippen LogP contribution in [0.4, 0.5) is 0 Å². The van der Waals surface area contributed by atoms with Gasteiger partial charge in [0.25, 0.3) is 0 Å². The van der Waals surface area contributed by atoms with Gasteiger partial charge in [-0.25, -0.2) is 4.79 Å². The van der Waals surface area contributed by atoms with E-state index >= 15 is 0 Å². The van der Waals surface area contributed by atoms with Crippen molar-refractivity contribution < 1.29 is 9.63 Å². The van der Waals surface area contributed by atoms with E-state index < -0.39 is 5.97 Å². The van der Waals surface area contributed by atoms with E-state index in [9.17, 15) is 4.79 Å². The fourth-order valence-electron chi connectivity index (χ4n) is 2.41. The van der Waals surface area contributed by atoms with Crippen molar-refractivity contribution in [1.29, 1.82) is 0 Å². The molecule has 0 amide bonds.